The minimum Gasteiger partial charge on any atom is -0.448 e. The molecule has 2 fully saturated rings. The molecule has 4 heterocycles. The molecule has 1 amide bonds. The van der Waals surface area contributed by atoms with Gasteiger partial charge in [0.25, 0.3) is 5.56 Å². The Labute approximate surface area is 231 Å². The fraction of sp³-hybridized carbons (Fsp3) is 0.320. The summed E-state index contributed by atoms with van der Waals surface area (Å²) >= 11 is 0. The maximum absolute atomic E-state index is 13.8. The fourth-order valence-corrected chi connectivity index (χ4v) is 6.98. The van der Waals surface area contributed by atoms with Crippen LogP contribution in [0.1, 0.15) is 17.0 Å². The first-order chi connectivity index (χ1) is 19.5. The molecule has 5 unspecified atom stereocenters. The van der Waals surface area contributed by atoms with Crippen LogP contribution in [0.2, 0.25) is 0 Å². The number of H-pyrrole nitrogens is 1. The van der Waals surface area contributed by atoms with Gasteiger partial charge in [-0.2, -0.15) is 4.98 Å². The summed E-state index contributed by atoms with van der Waals surface area (Å²) in [6, 6.07) is 13.6. The second-order valence-electron chi connectivity index (χ2n) is 10.1. The summed E-state index contributed by atoms with van der Waals surface area (Å²) in [5.74, 6) is -3.82. The summed E-state index contributed by atoms with van der Waals surface area (Å²) in [4.78, 5) is 43.8. The van der Waals surface area contributed by atoms with Crippen LogP contribution >= 0.6 is 7.82 Å². The Bertz CT molecular complexity index is 1630. The van der Waals surface area contributed by atoms with Crippen molar-refractivity contribution >= 4 is 31.4 Å². The highest BCUT2D eigenvalue weighted by molar-refractivity contribution is 7.47. The molecule has 2 saturated heterocycles. The monoisotopic (exact) mass is 585 g/mol. The van der Waals surface area contributed by atoms with Gasteiger partial charge in [0.2, 0.25) is 11.7 Å². The molecule has 15 nitrogen and oxygen atoms in total. The third-order valence-corrected chi connectivity index (χ3v) is 8.66. The van der Waals surface area contributed by atoms with Crippen LogP contribution in [0.4, 0.5) is 22.2 Å². The Balaban J connectivity index is 1.26. The third-order valence-electron chi connectivity index (χ3n) is 7.69. The molecule has 1 aliphatic carbocycles. The number of amides is 1. The second kappa shape index (κ2) is 9.09. The number of benzene rings is 2. The van der Waals surface area contributed by atoms with Crippen molar-refractivity contribution in [1.29, 1.82) is 0 Å². The number of carbonyl (C=O) groups excluding carboxylic acids is 1. The van der Waals surface area contributed by atoms with E-state index in [-0.39, 0.29) is 24.3 Å². The first kappa shape index (κ1) is 26.1. The van der Waals surface area contributed by atoms with Crippen molar-refractivity contribution in [2.45, 2.75) is 36.2 Å². The molecule has 5 atom stereocenters. The number of nitrogens with zero attached hydrogens (tertiary/aromatic N) is 2. The Morgan fingerprint density at radius 3 is 2.51 bits per heavy atom. The van der Waals surface area contributed by atoms with E-state index < -0.39 is 62.0 Å². The molecular weight excluding hydrogens is 561 g/mol. The van der Waals surface area contributed by atoms with Crippen LogP contribution in [-0.2, 0) is 23.1 Å². The van der Waals surface area contributed by atoms with Crippen molar-refractivity contribution in [3.8, 4) is 11.1 Å². The van der Waals surface area contributed by atoms with Gasteiger partial charge < -0.3 is 35.6 Å². The average molecular weight is 585 g/mol. The second-order valence-corrected chi connectivity index (χ2v) is 11.5. The Morgan fingerprint density at radius 1 is 1.17 bits per heavy atom. The van der Waals surface area contributed by atoms with Crippen LogP contribution in [0.5, 0.6) is 0 Å². The standard InChI is InChI=1S/C25H24N5O10P/c26-23-28-20-17(21(31)29-23)30(18-22(27-20)39-16-10-38-41(35,36)40-19(16)25(18,33)34)24(32)37-9-15-13-7-3-1-5-11(13)12-6-2-4-8-14(12)15/h1-8,15-16,18-19,22,33-34H,9-10H2,(H,35,36)(H4,26,27,28,29,31). The lowest BCUT2D eigenvalue weighted by atomic mass is 9.89. The molecule has 3 aromatic rings. The molecule has 214 valence electrons. The number of nitrogens with one attached hydrogen (secondary N) is 2. The predicted octanol–water partition coefficient (Wildman–Crippen LogP) is 0.823. The highest BCUT2D eigenvalue weighted by atomic mass is 31.2. The zero-order valence-corrected chi connectivity index (χ0v) is 21.9. The van der Waals surface area contributed by atoms with Crippen LogP contribution < -0.4 is 21.5 Å². The van der Waals surface area contributed by atoms with Gasteiger partial charge in [-0.3, -0.25) is 23.7 Å². The normalized spacial score (nSPS) is 29.3. The summed E-state index contributed by atoms with van der Waals surface area (Å²) in [5.41, 5.74) is 8.26. The highest BCUT2D eigenvalue weighted by Gasteiger charge is 2.65. The van der Waals surface area contributed by atoms with E-state index in [2.05, 4.69) is 15.3 Å². The van der Waals surface area contributed by atoms with Crippen molar-refractivity contribution in [2.24, 2.45) is 0 Å². The SMILES string of the molecule is Nc1nc2c(c(=O)[nH]1)N(C(=O)OCC1c3ccccc3-c3ccccc31)C1C(N2)OC2COP(=O)(O)OC2C1(O)O. The van der Waals surface area contributed by atoms with Crippen molar-refractivity contribution < 1.29 is 43.0 Å². The van der Waals surface area contributed by atoms with Gasteiger partial charge in [0.15, 0.2) is 23.8 Å². The van der Waals surface area contributed by atoms with Gasteiger partial charge in [0, 0.05) is 5.92 Å². The largest absolute Gasteiger partial charge is 0.472 e. The number of ether oxygens (including phenoxy) is 2. The number of hydrogen-bond donors (Lipinski definition) is 6. The average Bonchev–Trinajstić information content (AvgIpc) is 3.24. The van der Waals surface area contributed by atoms with Crippen LogP contribution in [0, 0.1) is 0 Å². The lowest BCUT2D eigenvalue weighted by Crippen LogP contribution is -2.76. The molecule has 16 heteroatoms. The van der Waals surface area contributed by atoms with Crippen LogP contribution in [0.15, 0.2) is 53.3 Å². The van der Waals surface area contributed by atoms with E-state index in [9.17, 15) is 29.3 Å². The molecule has 41 heavy (non-hydrogen) atoms. The van der Waals surface area contributed by atoms with E-state index >= 15 is 0 Å². The third kappa shape index (κ3) is 4.05. The number of phosphoric acid groups is 1. The number of aromatic amines is 1. The van der Waals surface area contributed by atoms with Crippen LogP contribution in [0.25, 0.3) is 11.1 Å². The van der Waals surface area contributed by atoms with Crippen LogP contribution in [0.3, 0.4) is 0 Å². The van der Waals surface area contributed by atoms with Crippen molar-refractivity contribution in [2.75, 3.05) is 29.2 Å². The first-order valence-electron chi connectivity index (χ1n) is 12.6. The highest BCUT2D eigenvalue weighted by Crippen LogP contribution is 2.53. The number of hydrogen-bond acceptors (Lipinski definition) is 12. The summed E-state index contributed by atoms with van der Waals surface area (Å²) < 4.78 is 33.4. The van der Waals surface area contributed by atoms with Gasteiger partial charge >= 0.3 is 13.9 Å². The molecule has 7 rings (SSSR count). The topological polar surface area (TPSA) is 219 Å². The maximum Gasteiger partial charge on any atom is 0.472 e. The van der Waals surface area contributed by atoms with E-state index in [1.54, 1.807) is 0 Å². The Kier molecular flexibility index (Phi) is 5.79. The number of anilines is 3. The van der Waals surface area contributed by atoms with Gasteiger partial charge in [-0.1, -0.05) is 48.5 Å². The number of aliphatic hydroxyl groups is 2. The van der Waals surface area contributed by atoms with Gasteiger partial charge in [-0.25, -0.2) is 9.36 Å². The zero-order chi connectivity index (χ0) is 28.7. The Hall–Kier alpha value is -3.82. The molecule has 1 aromatic heterocycles. The molecule has 4 aliphatic rings. The minimum absolute atomic E-state index is 0.156. The number of nitrogens with two attached hydrogens (primary N) is 1. The molecule has 0 spiro atoms. The smallest absolute Gasteiger partial charge is 0.448 e. The number of aromatic nitrogens is 2. The summed E-state index contributed by atoms with van der Waals surface area (Å²) in [5, 5.41) is 25.4. The molecule has 3 aliphatic heterocycles. The number of phosphoric ester groups is 1. The molecule has 0 bridgehead atoms. The van der Waals surface area contributed by atoms with Gasteiger partial charge in [0.05, 0.1) is 6.61 Å². The van der Waals surface area contributed by atoms with Gasteiger partial charge in [0.1, 0.15) is 18.8 Å². The maximum atomic E-state index is 13.8. The number of rotatable bonds is 2. The molecule has 0 radical (unpaired) electrons. The Morgan fingerprint density at radius 2 is 1.83 bits per heavy atom. The lowest BCUT2D eigenvalue weighted by Gasteiger charge is -2.54. The molecule has 2 aromatic carbocycles. The van der Waals surface area contributed by atoms with E-state index in [0.29, 0.717) is 4.90 Å². The first-order valence-corrected chi connectivity index (χ1v) is 14.1. The summed E-state index contributed by atoms with van der Waals surface area (Å²) in [7, 11) is -4.67. The van der Waals surface area contributed by atoms with Crippen molar-refractivity contribution in [1.82, 2.24) is 9.97 Å². The minimum atomic E-state index is -4.67. The number of nitrogen functional groups attached to an aromatic ring is 1. The summed E-state index contributed by atoms with van der Waals surface area (Å²) in [6.45, 7) is -0.675. The van der Waals surface area contributed by atoms with E-state index in [4.69, 9.17) is 24.3 Å². The molecular formula is C25H24N5O10P. The summed E-state index contributed by atoms with van der Waals surface area (Å²) in [6.07, 6.45) is -5.59. The van der Waals surface area contributed by atoms with Crippen molar-refractivity contribution in [3.63, 3.8) is 0 Å². The number of carbonyl (C=O) groups is 1. The fourth-order valence-electron chi connectivity index (χ4n) is 6.00. The number of fused-ring (bicyclic) bond motifs is 6. The van der Waals surface area contributed by atoms with Crippen molar-refractivity contribution in [3.05, 3.63) is 70.0 Å². The molecule has 0 saturated carbocycles. The van der Waals surface area contributed by atoms with E-state index in [1.807, 2.05) is 48.5 Å². The predicted molar refractivity (Wildman–Crippen MR) is 141 cm³/mol. The van der Waals surface area contributed by atoms with Gasteiger partial charge in [-0.05, 0) is 22.3 Å². The molecule has 7 N–H and O–H groups in total. The van der Waals surface area contributed by atoms with Crippen LogP contribution in [-0.4, -0.2) is 74.6 Å². The zero-order valence-electron chi connectivity index (χ0n) is 21.0. The lowest BCUT2D eigenvalue weighted by molar-refractivity contribution is -0.316. The van der Waals surface area contributed by atoms with E-state index in [0.717, 1.165) is 22.3 Å². The van der Waals surface area contributed by atoms with Gasteiger partial charge in [-0.15, -0.1) is 0 Å². The van der Waals surface area contributed by atoms with E-state index in [1.165, 1.54) is 0 Å². The quantitative estimate of drug-likeness (QED) is 0.181.